The first kappa shape index (κ1) is 20.2. The molecule has 0 aliphatic heterocycles. The fourth-order valence-corrected chi connectivity index (χ4v) is 3.51. The first-order valence-electron chi connectivity index (χ1n) is 9.06. The van der Waals surface area contributed by atoms with Crippen LogP contribution in [0.2, 0.25) is 5.02 Å². The molecule has 1 saturated carbocycles. The lowest BCUT2D eigenvalue weighted by atomic mass is 9.95. The van der Waals surface area contributed by atoms with E-state index in [0.29, 0.717) is 5.56 Å². The fourth-order valence-electron chi connectivity index (χ4n) is 3.28. The molecule has 1 aliphatic carbocycles. The first-order valence-corrected chi connectivity index (χ1v) is 9.44. The number of anilines is 1. The van der Waals surface area contributed by atoms with Gasteiger partial charge in [-0.3, -0.25) is 9.59 Å². The summed E-state index contributed by atoms with van der Waals surface area (Å²) in [6.45, 7) is 1.82. The van der Waals surface area contributed by atoms with Crippen LogP contribution >= 0.6 is 11.6 Å². The smallest absolute Gasteiger partial charge is 0.218 e. The first-order chi connectivity index (χ1) is 13.3. The molecular weight excluding hydrogens is 383 g/mol. The third-order valence-electron chi connectivity index (χ3n) is 4.80. The summed E-state index contributed by atoms with van der Waals surface area (Å²) in [7, 11) is 0. The van der Waals surface area contributed by atoms with Gasteiger partial charge in [-0.25, -0.2) is 9.37 Å². The molecule has 0 radical (unpaired) electrons. The summed E-state index contributed by atoms with van der Waals surface area (Å²) in [4.78, 5) is 27.9. The number of carbonyl (C=O) groups excluding carboxylic acids is 2. The Morgan fingerprint density at radius 3 is 2.64 bits per heavy atom. The van der Waals surface area contributed by atoms with Crippen LogP contribution in [0.1, 0.15) is 56.6 Å². The van der Waals surface area contributed by atoms with E-state index in [1.807, 2.05) is 6.92 Å². The molecule has 28 heavy (non-hydrogen) atoms. The van der Waals surface area contributed by atoms with Crippen molar-refractivity contribution in [2.45, 2.75) is 38.3 Å². The maximum atomic E-state index is 15.4. The SMILES string of the molecule is C[C@@H](CC(N)=O)N[C@@H](c1ccc(Cl)c(C(=O)c2ccc(N)nc2)c1F)C1CC1.[HH].[HH]. The number of aromatic nitrogens is 1. The Bertz CT molecular complexity index is 910. The van der Waals surface area contributed by atoms with Crippen molar-refractivity contribution < 1.29 is 16.8 Å². The molecule has 0 spiro atoms. The number of halogens is 2. The highest BCUT2D eigenvalue weighted by atomic mass is 35.5. The highest BCUT2D eigenvalue weighted by Gasteiger charge is 2.36. The molecule has 6 nitrogen and oxygen atoms in total. The van der Waals surface area contributed by atoms with Crippen LogP contribution in [0.4, 0.5) is 10.2 Å². The van der Waals surface area contributed by atoms with Crippen molar-refractivity contribution >= 4 is 29.1 Å². The molecule has 1 aromatic heterocycles. The standard InChI is InChI=1S/C20H22ClFN4O2.2H2/c1-10(8-16(24)27)26-19(11-2-3-11)13-5-6-14(21)17(18(13)22)20(28)12-4-7-15(23)25-9-12;;/h4-7,9-11,19,26H,2-3,8H2,1H3,(H2,23,25)(H2,24,27);2*1H/t10-,19+;;/m0../s1. The van der Waals surface area contributed by atoms with Crippen LogP contribution < -0.4 is 16.8 Å². The van der Waals surface area contributed by atoms with Gasteiger partial charge in [0.1, 0.15) is 11.6 Å². The number of nitrogen functional groups attached to an aromatic ring is 1. The van der Waals surface area contributed by atoms with Crippen LogP contribution in [0.3, 0.4) is 0 Å². The third-order valence-corrected chi connectivity index (χ3v) is 5.11. The Morgan fingerprint density at radius 2 is 2.07 bits per heavy atom. The minimum absolute atomic E-state index is 0. The average molecular weight is 409 g/mol. The van der Waals surface area contributed by atoms with Gasteiger partial charge in [0.25, 0.3) is 0 Å². The Kier molecular flexibility index (Phi) is 5.96. The lowest BCUT2D eigenvalue weighted by Crippen LogP contribution is -2.35. The van der Waals surface area contributed by atoms with Crippen LogP contribution in [-0.2, 0) is 4.79 Å². The number of primary amides is 1. The van der Waals surface area contributed by atoms with E-state index in [9.17, 15) is 9.59 Å². The number of hydrogen-bond donors (Lipinski definition) is 3. The van der Waals surface area contributed by atoms with E-state index in [0.717, 1.165) is 12.8 Å². The third kappa shape index (κ3) is 4.48. The zero-order valence-electron chi connectivity index (χ0n) is 15.4. The number of ketones is 1. The van der Waals surface area contributed by atoms with Crippen molar-refractivity contribution in [1.29, 1.82) is 0 Å². The molecule has 1 amide bonds. The lowest BCUT2D eigenvalue weighted by Gasteiger charge is -2.24. The molecule has 152 valence electrons. The van der Waals surface area contributed by atoms with Gasteiger partial charge in [-0.05, 0) is 43.9 Å². The number of amides is 1. The van der Waals surface area contributed by atoms with Crippen molar-refractivity contribution in [2.24, 2.45) is 11.7 Å². The Morgan fingerprint density at radius 1 is 1.36 bits per heavy atom. The largest absolute Gasteiger partial charge is 0.384 e. The Balaban J connectivity index is 0.00000225. The summed E-state index contributed by atoms with van der Waals surface area (Å²) in [6.07, 6.45) is 3.31. The summed E-state index contributed by atoms with van der Waals surface area (Å²) in [5.41, 5.74) is 11.2. The average Bonchev–Trinajstić information content (AvgIpc) is 3.45. The Labute approximate surface area is 170 Å². The van der Waals surface area contributed by atoms with E-state index in [-0.39, 0.29) is 49.2 Å². The van der Waals surface area contributed by atoms with E-state index < -0.39 is 17.5 Å². The van der Waals surface area contributed by atoms with E-state index in [2.05, 4.69) is 10.3 Å². The molecule has 5 N–H and O–H groups in total. The maximum absolute atomic E-state index is 15.4. The van der Waals surface area contributed by atoms with Crippen molar-refractivity contribution in [3.63, 3.8) is 0 Å². The molecular formula is C20H26ClFN4O2. The van der Waals surface area contributed by atoms with E-state index in [1.54, 1.807) is 6.07 Å². The summed E-state index contributed by atoms with van der Waals surface area (Å²) in [6, 6.07) is 5.51. The van der Waals surface area contributed by atoms with Crippen LogP contribution in [0.15, 0.2) is 30.5 Å². The van der Waals surface area contributed by atoms with E-state index >= 15 is 4.39 Å². The number of carbonyl (C=O) groups is 2. The summed E-state index contributed by atoms with van der Waals surface area (Å²) in [5, 5.41) is 3.31. The van der Waals surface area contributed by atoms with Crippen molar-refractivity contribution in [2.75, 3.05) is 5.73 Å². The minimum atomic E-state index is -0.662. The van der Waals surface area contributed by atoms with Gasteiger partial charge >= 0.3 is 0 Å². The predicted molar refractivity (Wildman–Crippen MR) is 110 cm³/mol. The number of benzene rings is 1. The molecule has 1 aliphatic rings. The molecule has 1 aromatic carbocycles. The van der Waals surface area contributed by atoms with Gasteiger partial charge in [0.05, 0.1) is 10.6 Å². The minimum Gasteiger partial charge on any atom is -0.384 e. The van der Waals surface area contributed by atoms with Crippen LogP contribution in [0.5, 0.6) is 0 Å². The highest BCUT2D eigenvalue weighted by molar-refractivity contribution is 6.35. The van der Waals surface area contributed by atoms with Crippen LogP contribution in [0, 0.1) is 11.7 Å². The second kappa shape index (κ2) is 8.24. The van der Waals surface area contributed by atoms with Gasteiger partial charge in [0.2, 0.25) is 5.91 Å². The second-order valence-corrected chi connectivity index (χ2v) is 7.59. The van der Waals surface area contributed by atoms with Gasteiger partial charge in [0, 0.05) is 38.7 Å². The second-order valence-electron chi connectivity index (χ2n) is 7.18. The summed E-state index contributed by atoms with van der Waals surface area (Å²) in [5.74, 6) is -1.16. The van der Waals surface area contributed by atoms with E-state index in [4.69, 9.17) is 23.1 Å². The molecule has 0 unspecified atom stereocenters. The van der Waals surface area contributed by atoms with Crippen LogP contribution in [-0.4, -0.2) is 22.7 Å². The number of rotatable bonds is 8. The van der Waals surface area contributed by atoms with Crippen molar-refractivity contribution in [3.8, 4) is 0 Å². The highest BCUT2D eigenvalue weighted by Crippen LogP contribution is 2.43. The molecule has 1 heterocycles. The number of nitrogens with one attached hydrogen (secondary N) is 1. The van der Waals surface area contributed by atoms with Gasteiger partial charge in [0.15, 0.2) is 5.78 Å². The number of nitrogens with zero attached hydrogens (tertiary/aromatic N) is 1. The molecule has 8 heteroatoms. The number of pyridine rings is 1. The summed E-state index contributed by atoms with van der Waals surface area (Å²) < 4.78 is 15.4. The van der Waals surface area contributed by atoms with E-state index in [1.165, 1.54) is 24.4 Å². The topological polar surface area (TPSA) is 111 Å². The molecule has 0 saturated heterocycles. The quantitative estimate of drug-likeness (QED) is 0.579. The number of nitrogens with two attached hydrogens (primary N) is 2. The monoisotopic (exact) mass is 408 g/mol. The fraction of sp³-hybridized carbons (Fsp3) is 0.350. The molecule has 2 atom stereocenters. The van der Waals surface area contributed by atoms with Crippen molar-refractivity contribution in [3.05, 3.63) is 58.0 Å². The van der Waals surface area contributed by atoms with Gasteiger partial charge in [-0.15, -0.1) is 0 Å². The van der Waals surface area contributed by atoms with Crippen molar-refractivity contribution in [1.82, 2.24) is 10.3 Å². The lowest BCUT2D eigenvalue weighted by molar-refractivity contribution is -0.118. The molecule has 1 fully saturated rings. The summed E-state index contributed by atoms with van der Waals surface area (Å²) >= 11 is 6.16. The van der Waals surface area contributed by atoms with Gasteiger partial charge < -0.3 is 16.8 Å². The Hall–Kier alpha value is -2.51. The zero-order chi connectivity index (χ0) is 20.4. The normalized spacial score (nSPS) is 15.8. The zero-order valence-corrected chi connectivity index (χ0v) is 16.2. The predicted octanol–water partition coefficient (Wildman–Crippen LogP) is 3.48. The molecule has 0 bridgehead atoms. The maximum Gasteiger partial charge on any atom is 0.218 e. The van der Waals surface area contributed by atoms with Gasteiger partial charge in [-0.1, -0.05) is 17.7 Å². The van der Waals surface area contributed by atoms with Crippen LogP contribution in [0.25, 0.3) is 0 Å². The van der Waals surface area contributed by atoms with Gasteiger partial charge in [-0.2, -0.15) is 0 Å². The number of hydrogen-bond acceptors (Lipinski definition) is 5. The molecule has 2 aromatic rings. The molecule has 3 rings (SSSR count).